The van der Waals surface area contributed by atoms with Crippen LogP contribution in [0.25, 0.3) is 6.08 Å². The third-order valence-corrected chi connectivity index (χ3v) is 4.85. The summed E-state index contributed by atoms with van der Waals surface area (Å²) in [7, 11) is 2.86. The highest BCUT2D eigenvalue weighted by Gasteiger charge is 2.12. The van der Waals surface area contributed by atoms with Gasteiger partial charge >= 0.3 is 5.97 Å². The lowest BCUT2D eigenvalue weighted by Crippen LogP contribution is -2.12. The molecule has 0 spiro atoms. The van der Waals surface area contributed by atoms with Crippen LogP contribution in [-0.2, 0) is 16.1 Å². The van der Waals surface area contributed by atoms with Crippen LogP contribution in [0.15, 0.2) is 72.8 Å². The maximum Gasteiger partial charge on any atom is 0.339 e. The van der Waals surface area contributed by atoms with E-state index in [0.717, 1.165) is 16.7 Å². The Hall–Kier alpha value is -4.06. The van der Waals surface area contributed by atoms with Crippen molar-refractivity contribution in [1.82, 2.24) is 0 Å². The van der Waals surface area contributed by atoms with Gasteiger partial charge in [0.25, 0.3) is 0 Å². The zero-order valence-corrected chi connectivity index (χ0v) is 18.3. The fraction of sp³-hybridized carbons (Fsp3) is 0.154. The van der Waals surface area contributed by atoms with E-state index in [2.05, 4.69) is 5.32 Å². The topological polar surface area (TPSA) is 73.9 Å². The minimum absolute atomic E-state index is 0.286. The second-order valence-corrected chi connectivity index (χ2v) is 6.99. The van der Waals surface area contributed by atoms with Gasteiger partial charge in [0.05, 0.1) is 25.5 Å². The van der Waals surface area contributed by atoms with Crippen molar-refractivity contribution in [3.63, 3.8) is 0 Å². The summed E-state index contributed by atoms with van der Waals surface area (Å²) in [5.74, 6) is 0.289. The molecular weight excluding hydrogens is 406 g/mol. The van der Waals surface area contributed by atoms with E-state index in [9.17, 15) is 9.59 Å². The number of hydrogen-bond donors (Lipinski definition) is 1. The Morgan fingerprint density at radius 2 is 1.69 bits per heavy atom. The lowest BCUT2D eigenvalue weighted by Gasteiger charge is -2.12. The summed E-state index contributed by atoms with van der Waals surface area (Å²) in [5.41, 5.74) is 3.69. The maximum absolute atomic E-state index is 12.4. The molecule has 0 aliphatic heterocycles. The largest absolute Gasteiger partial charge is 0.493 e. The predicted octanol–water partition coefficient (Wildman–Crippen LogP) is 5.02. The van der Waals surface area contributed by atoms with E-state index >= 15 is 0 Å². The summed E-state index contributed by atoms with van der Waals surface area (Å²) >= 11 is 0. The fourth-order valence-corrected chi connectivity index (χ4v) is 3.06. The van der Waals surface area contributed by atoms with E-state index in [1.165, 1.54) is 13.2 Å². The van der Waals surface area contributed by atoms with Crippen molar-refractivity contribution in [3.05, 3.63) is 95.1 Å². The summed E-state index contributed by atoms with van der Waals surface area (Å²) < 4.78 is 16.1. The van der Waals surface area contributed by atoms with E-state index in [0.29, 0.717) is 23.8 Å². The van der Waals surface area contributed by atoms with Gasteiger partial charge in [-0.15, -0.1) is 0 Å². The van der Waals surface area contributed by atoms with Gasteiger partial charge in [0, 0.05) is 6.08 Å². The van der Waals surface area contributed by atoms with Crippen molar-refractivity contribution < 1.29 is 23.8 Å². The molecule has 6 nitrogen and oxygen atoms in total. The predicted molar refractivity (Wildman–Crippen MR) is 124 cm³/mol. The quantitative estimate of drug-likeness (QED) is 0.400. The fourth-order valence-electron chi connectivity index (χ4n) is 3.06. The van der Waals surface area contributed by atoms with Crippen molar-refractivity contribution in [2.24, 2.45) is 0 Å². The third-order valence-electron chi connectivity index (χ3n) is 4.85. The summed E-state index contributed by atoms with van der Waals surface area (Å²) in [6.07, 6.45) is 3.04. The van der Waals surface area contributed by atoms with E-state index in [1.807, 2.05) is 37.3 Å². The van der Waals surface area contributed by atoms with Crippen LogP contribution in [0, 0.1) is 6.92 Å². The molecule has 0 fully saturated rings. The van der Waals surface area contributed by atoms with Gasteiger partial charge < -0.3 is 19.5 Å². The number of ether oxygens (including phenoxy) is 3. The van der Waals surface area contributed by atoms with Crippen LogP contribution in [0.1, 0.15) is 27.0 Å². The Bertz CT molecular complexity index is 1140. The van der Waals surface area contributed by atoms with E-state index in [-0.39, 0.29) is 11.5 Å². The maximum atomic E-state index is 12.4. The molecule has 164 valence electrons. The van der Waals surface area contributed by atoms with Gasteiger partial charge in [-0.2, -0.15) is 0 Å². The van der Waals surface area contributed by atoms with Gasteiger partial charge in [-0.25, -0.2) is 4.79 Å². The van der Waals surface area contributed by atoms with Gasteiger partial charge in [0.1, 0.15) is 6.61 Å². The van der Waals surface area contributed by atoms with Crippen molar-refractivity contribution in [1.29, 1.82) is 0 Å². The molecule has 0 aliphatic carbocycles. The zero-order valence-electron chi connectivity index (χ0n) is 18.3. The van der Waals surface area contributed by atoms with Crippen molar-refractivity contribution in [2.75, 3.05) is 19.5 Å². The van der Waals surface area contributed by atoms with Crippen LogP contribution >= 0.6 is 0 Å². The molecule has 1 N–H and O–H groups in total. The van der Waals surface area contributed by atoms with Crippen molar-refractivity contribution >= 4 is 23.6 Å². The van der Waals surface area contributed by atoms with Crippen LogP contribution in [0.4, 0.5) is 5.69 Å². The second kappa shape index (κ2) is 10.8. The highest BCUT2D eigenvalue weighted by Crippen LogP contribution is 2.29. The van der Waals surface area contributed by atoms with Crippen LogP contribution in [-0.4, -0.2) is 26.1 Å². The highest BCUT2D eigenvalue weighted by molar-refractivity contribution is 6.06. The SMILES string of the molecule is COC(=O)c1ccccc1NC(=O)C=Cc1ccc(OCc2ccccc2C)c(OC)c1. The summed E-state index contributed by atoms with van der Waals surface area (Å²) in [6.45, 7) is 2.47. The number of methoxy groups -OCH3 is 2. The van der Waals surface area contributed by atoms with E-state index in [4.69, 9.17) is 14.2 Å². The van der Waals surface area contributed by atoms with Gasteiger partial charge in [-0.3, -0.25) is 4.79 Å². The number of anilines is 1. The monoisotopic (exact) mass is 431 g/mol. The number of rotatable bonds is 8. The first-order valence-electron chi connectivity index (χ1n) is 10.0. The molecular formula is C26H25NO5. The molecule has 0 heterocycles. The van der Waals surface area contributed by atoms with E-state index in [1.54, 1.807) is 49.6 Å². The zero-order chi connectivity index (χ0) is 22.9. The molecule has 0 saturated carbocycles. The number of carbonyl (C=O) groups excluding carboxylic acids is 2. The Morgan fingerprint density at radius 1 is 0.938 bits per heavy atom. The summed E-state index contributed by atoms with van der Waals surface area (Å²) in [6, 6.07) is 20.1. The number of para-hydroxylation sites is 1. The number of amides is 1. The first-order valence-corrected chi connectivity index (χ1v) is 10.0. The Labute approximate surface area is 187 Å². The first-order chi connectivity index (χ1) is 15.5. The number of aryl methyl sites for hydroxylation is 1. The lowest BCUT2D eigenvalue weighted by molar-refractivity contribution is -0.111. The average molecular weight is 431 g/mol. The lowest BCUT2D eigenvalue weighted by atomic mass is 10.1. The minimum atomic E-state index is -0.518. The second-order valence-electron chi connectivity index (χ2n) is 6.99. The number of benzene rings is 3. The normalized spacial score (nSPS) is 10.6. The number of esters is 1. The summed E-state index contributed by atoms with van der Waals surface area (Å²) in [4.78, 5) is 24.2. The molecule has 0 aromatic heterocycles. The van der Waals surface area contributed by atoms with Crippen molar-refractivity contribution in [2.45, 2.75) is 13.5 Å². The molecule has 0 bridgehead atoms. The van der Waals surface area contributed by atoms with Gasteiger partial charge in [0.2, 0.25) is 5.91 Å². The Balaban J connectivity index is 1.68. The number of hydrogen-bond acceptors (Lipinski definition) is 5. The van der Waals surface area contributed by atoms with Gasteiger partial charge in [-0.1, -0.05) is 42.5 Å². The van der Waals surface area contributed by atoms with Gasteiger partial charge in [-0.05, 0) is 54.0 Å². The van der Waals surface area contributed by atoms with Gasteiger partial charge in [0.15, 0.2) is 11.5 Å². The molecule has 0 unspecified atom stereocenters. The highest BCUT2D eigenvalue weighted by atomic mass is 16.5. The molecule has 3 rings (SSSR count). The standard InChI is InChI=1S/C26H25NO5/c1-18-8-4-5-9-20(18)17-32-23-14-12-19(16-24(23)30-2)13-15-25(28)27-22-11-7-6-10-21(22)26(29)31-3/h4-16H,17H2,1-3H3,(H,27,28). The first kappa shape index (κ1) is 22.6. The van der Waals surface area contributed by atoms with Crippen LogP contribution in [0.2, 0.25) is 0 Å². The Morgan fingerprint density at radius 3 is 2.44 bits per heavy atom. The molecule has 3 aromatic rings. The van der Waals surface area contributed by atoms with E-state index < -0.39 is 5.97 Å². The molecule has 0 radical (unpaired) electrons. The average Bonchev–Trinajstić information content (AvgIpc) is 2.82. The van der Waals surface area contributed by atoms with Crippen molar-refractivity contribution in [3.8, 4) is 11.5 Å². The van der Waals surface area contributed by atoms with Crippen LogP contribution in [0.5, 0.6) is 11.5 Å². The number of nitrogens with one attached hydrogen (secondary N) is 1. The molecule has 0 aliphatic rings. The minimum Gasteiger partial charge on any atom is -0.493 e. The molecule has 6 heteroatoms. The Kier molecular flexibility index (Phi) is 7.65. The van der Waals surface area contributed by atoms with Crippen LogP contribution < -0.4 is 14.8 Å². The molecule has 32 heavy (non-hydrogen) atoms. The third kappa shape index (κ3) is 5.76. The molecule has 3 aromatic carbocycles. The molecule has 1 amide bonds. The molecule has 0 atom stereocenters. The number of carbonyl (C=O) groups is 2. The smallest absolute Gasteiger partial charge is 0.339 e. The molecule has 0 saturated heterocycles. The summed E-state index contributed by atoms with van der Waals surface area (Å²) in [5, 5.41) is 2.70. The van der Waals surface area contributed by atoms with Crippen LogP contribution in [0.3, 0.4) is 0 Å².